The minimum Gasteiger partial charge on any atom is -0.396 e. The molecule has 1 aromatic heterocycles. The summed E-state index contributed by atoms with van der Waals surface area (Å²) in [6.07, 6.45) is -2.53. The maximum atomic E-state index is 12.5. The predicted molar refractivity (Wildman–Crippen MR) is 61.8 cm³/mol. The van der Waals surface area contributed by atoms with Gasteiger partial charge in [0.05, 0.1) is 17.6 Å². The molecule has 0 bridgehead atoms. The van der Waals surface area contributed by atoms with Crippen LogP contribution in [0.5, 0.6) is 0 Å². The monoisotopic (exact) mass is 247 g/mol. The molecule has 0 fully saturated rings. The molecule has 0 amide bonds. The SMILES string of the molecule is CCCN(CC)c1cc(C(F)(F)F)ncc1N. The van der Waals surface area contributed by atoms with Crippen LogP contribution in [0.2, 0.25) is 0 Å². The molecular weight excluding hydrogens is 231 g/mol. The predicted octanol–water partition coefficient (Wildman–Crippen LogP) is 2.92. The Bertz CT molecular complexity index is 377. The zero-order chi connectivity index (χ0) is 13.1. The van der Waals surface area contributed by atoms with E-state index in [1.54, 1.807) is 0 Å². The summed E-state index contributed by atoms with van der Waals surface area (Å²) in [6, 6.07) is 1.01. The van der Waals surface area contributed by atoms with Crippen molar-refractivity contribution in [2.75, 3.05) is 23.7 Å². The van der Waals surface area contributed by atoms with Gasteiger partial charge in [-0.25, -0.2) is 4.98 Å². The number of alkyl halides is 3. The molecule has 0 saturated heterocycles. The molecule has 6 heteroatoms. The molecule has 0 saturated carbocycles. The van der Waals surface area contributed by atoms with E-state index >= 15 is 0 Å². The van der Waals surface area contributed by atoms with Crippen LogP contribution in [0.3, 0.4) is 0 Å². The molecule has 1 aromatic rings. The van der Waals surface area contributed by atoms with Gasteiger partial charge in [-0.2, -0.15) is 13.2 Å². The number of nitrogens with two attached hydrogens (primary N) is 1. The molecule has 0 unspecified atom stereocenters. The summed E-state index contributed by atoms with van der Waals surface area (Å²) in [4.78, 5) is 5.12. The van der Waals surface area contributed by atoms with Gasteiger partial charge >= 0.3 is 6.18 Å². The number of aromatic nitrogens is 1. The molecule has 2 N–H and O–H groups in total. The summed E-state index contributed by atoms with van der Waals surface area (Å²) in [5.41, 5.74) is 5.43. The second-order valence-electron chi connectivity index (χ2n) is 3.71. The fourth-order valence-electron chi connectivity index (χ4n) is 1.60. The molecule has 0 spiro atoms. The van der Waals surface area contributed by atoms with E-state index in [2.05, 4.69) is 4.98 Å². The fourth-order valence-corrected chi connectivity index (χ4v) is 1.60. The quantitative estimate of drug-likeness (QED) is 0.889. The number of anilines is 2. The summed E-state index contributed by atoms with van der Waals surface area (Å²) in [6.45, 7) is 5.12. The van der Waals surface area contributed by atoms with Crippen LogP contribution in [-0.4, -0.2) is 18.1 Å². The Balaban J connectivity index is 3.13. The third-order valence-corrected chi connectivity index (χ3v) is 2.42. The first-order valence-electron chi connectivity index (χ1n) is 5.47. The Hall–Kier alpha value is -1.46. The molecule has 17 heavy (non-hydrogen) atoms. The van der Waals surface area contributed by atoms with Crippen LogP contribution in [0.1, 0.15) is 26.0 Å². The summed E-state index contributed by atoms with van der Waals surface area (Å²) >= 11 is 0. The first-order chi connectivity index (χ1) is 7.90. The van der Waals surface area contributed by atoms with Gasteiger partial charge < -0.3 is 10.6 Å². The summed E-state index contributed by atoms with van der Waals surface area (Å²) < 4.78 is 37.6. The maximum Gasteiger partial charge on any atom is 0.433 e. The third kappa shape index (κ3) is 3.25. The lowest BCUT2D eigenvalue weighted by Crippen LogP contribution is -2.25. The van der Waals surface area contributed by atoms with Crippen LogP contribution in [0.15, 0.2) is 12.3 Å². The number of hydrogen-bond donors (Lipinski definition) is 1. The molecule has 0 radical (unpaired) electrons. The molecule has 0 aliphatic rings. The van der Waals surface area contributed by atoms with E-state index in [1.165, 1.54) is 0 Å². The van der Waals surface area contributed by atoms with Gasteiger partial charge in [0, 0.05) is 13.1 Å². The Labute approximate surface area is 98.4 Å². The van der Waals surface area contributed by atoms with Crippen LogP contribution in [-0.2, 0) is 6.18 Å². The van der Waals surface area contributed by atoms with Crippen LogP contribution in [0, 0.1) is 0 Å². The molecule has 96 valence electrons. The first-order valence-corrected chi connectivity index (χ1v) is 5.47. The van der Waals surface area contributed by atoms with E-state index in [4.69, 9.17) is 5.73 Å². The molecule has 0 aromatic carbocycles. The lowest BCUT2D eigenvalue weighted by atomic mass is 10.2. The van der Waals surface area contributed by atoms with Gasteiger partial charge in [-0.15, -0.1) is 0 Å². The summed E-state index contributed by atoms with van der Waals surface area (Å²) in [7, 11) is 0. The van der Waals surface area contributed by atoms with Crippen molar-refractivity contribution >= 4 is 11.4 Å². The highest BCUT2D eigenvalue weighted by molar-refractivity contribution is 5.67. The van der Waals surface area contributed by atoms with E-state index in [0.717, 1.165) is 18.7 Å². The Morgan fingerprint density at radius 1 is 1.35 bits per heavy atom. The topological polar surface area (TPSA) is 42.2 Å². The fraction of sp³-hybridized carbons (Fsp3) is 0.545. The largest absolute Gasteiger partial charge is 0.433 e. The summed E-state index contributed by atoms with van der Waals surface area (Å²) in [5, 5.41) is 0. The van der Waals surface area contributed by atoms with Gasteiger partial charge in [-0.3, -0.25) is 0 Å². The van der Waals surface area contributed by atoms with Crippen LogP contribution < -0.4 is 10.6 Å². The third-order valence-electron chi connectivity index (χ3n) is 2.42. The van der Waals surface area contributed by atoms with Gasteiger partial charge in [-0.05, 0) is 19.4 Å². The number of hydrogen-bond acceptors (Lipinski definition) is 3. The van der Waals surface area contributed by atoms with Gasteiger partial charge in [0.1, 0.15) is 5.69 Å². The zero-order valence-electron chi connectivity index (χ0n) is 9.88. The average Bonchev–Trinajstić information content (AvgIpc) is 2.25. The molecule has 1 heterocycles. The van der Waals surface area contributed by atoms with Crippen molar-refractivity contribution in [1.82, 2.24) is 4.98 Å². The Morgan fingerprint density at radius 3 is 2.47 bits per heavy atom. The minimum absolute atomic E-state index is 0.272. The van der Waals surface area contributed by atoms with Crippen molar-refractivity contribution in [2.45, 2.75) is 26.4 Å². The molecule has 0 aliphatic carbocycles. The maximum absolute atomic E-state index is 12.5. The van der Waals surface area contributed by atoms with Crippen LogP contribution in [0.4, 0.5) is 24.5 Å². The van der Waals surface area contributed by atoms with Crippen molar-refractivity contribution in [1.29, 1.82) is 0 Å². The molecule has 1 rings (SSSR count). The van der Waals surface area contributed by atoms with Gasteiger partial charge in [0.25, 0.3) is 0 Å². The van der Waals surface area contributed by atoms with Crippen molar-refractivity contribution in [3.63, 3.8) is 0 Å². The van der Waals surface area contributed by atoms with Crippen LogP contribution >= 0.6 is 0 Å². The Kier molecular flexibility index (Phi) is 4.20. The van der Waals surface area contributed by atoms with E-state index in [0.29, 0.717) is 18.8 Å². The van der Waals surface area contributed by atoms with Gasteiger partial charge in [-0.1, -0.05) is 6.92 Å². The van der Waals surface area contributed by atoms with E-state index in [1.807, 2.05) is 18.7 Å². The second kappa shape index (κ2) is 5.25. The van der Waals surface area contributed by atoms with E-state index < -0.39 is 11.9 Å². The zero-order valence-corrected chi connectivity index (χ0v) is 9.88. The van der Waals surface area contributed by atoms with Crippen molar-refractivity contribution in [2.24, 2.45) is 0 Å². The number of nitrogen functional groups attached to an aromatic ring is 1. The Morgan fingerprint density at radius 2 is 2.00 bits per heavy atom. The van der Waals surface area contributed by atoms with Gasteiger partial charge in [0.2, 0.25) is 0 Å². The van der Waals surface area contributed by atoms with Crippen molar-refractivity contribution in [3.05, 3.63) is 18.0 Å². The highest BCUT2D eigenvalue weighted by Gasteiger charge is 2.33. The molecule has 3 nitrogen and oxygen atoms in total. The number of rotatable bonds is 4. The standard InChI is InChI=1S/C11H16F3N3/c1-3-5-17(4-2)9-6-10(11(12,13)14)16-7-8(9)15/h6-7H,3-5,15H2,1-2H3. The van der Waals surface area contributed by atoms with Gasteiger partial charge in [0.15, 0.2) is 0 Å². The molecular formula is C11H16F3N3. The lowest BCUT2D eigenvalue weighted by molar-refractivity contribution is -0.141. The molecule has 0 atom stereocenters. The average molecular weight is 247 g/mol. The summed E-state index contributed by atoms with van der Waals surface area (Å²) in [5.74, 6) is 0. The number of halogens is 3. The second-order valence-corrected chi connectivity index (χ2v) is 3.71. The molecule has 0 aliphatic heterocycles. The first kappa shape index (κ1) is 13.6. The number of pyridine rings is 1. The van der Waals surface area contributed by atoms with Crippen molar-refractivity contribution < 1.29 is 13.2 Å². The van der Waals surface area contributed by atoms with Crippen LogP contribution in [0.25, 0.3) is 0 Å². The van der Waals surface area contributed by atoms with E-state index in [9.17, 15) is 13.2 Å². The van der Waals surface area contributed by atoms with E-state index in [-0.39, 0.29) is 5.69 Å². The minimum atomic E-state index is -4.44. The van der Waals surface area contributed by atoms with Crippen molar-refractivity contribution in [3.8, 4) is 0 Å². The normalized spacial score (nSPS) is 11.6. The lowest BCUT2D eigenvalue weighted by Gasteiger charge is -2.24. The smallest absolute Gasteiger partial charge is 0.396 e. The highest BCUT2D eigenvalue weighted by atomic mass is 19.4. The highest BCUT2D eigenvalue weighted by Crippen LogP contribution is 2.32. The number of nitrogens with zero attached hydrogens (tertiary/aromatic N) is 2.